The van der Waals surface area contributed by atoms with Crippen LogP contribution in [-0.4, -0.2) is 67.3 Å². The fraction of sp³-hybridized carbons (Fsp3) is 0.478. The van der Waals surface area contributed by atoms with Gasteiger partial charge in [-0.3, -0.25) is 4.79 Å². The summed E-state index contributed by atoms with van der Waals surface area (Å²) in [6.07, 6.45) is -4.54. The van der Waals surface area contributed by atoms with Crippen LogP contribution in [0.5, 0.6) is 0 Å². The Morgan fingerprint density at radius 2 is 1.69 bits per heavy atom. The third kappa shape index (κ3) is 6.07. The summed E-state index contributed by atoms with van der Waals surface area (Å²) in [5, 5.41) is 0. The number of aryl methyl sites for hydroxylation is 1. The number of hydrogen-bond donors (Lipinski definition) is 0. The molecule has 1 aliphatic rings. The van der Waals surface area contributed by atoms with E-state index in [1.54, 1.807) is 24.8 Å². The quantitative estimate of drug-likeness (QED) is 0.555. The maximum atomic E-state index is 13.2. The zero-order valence-electron chi connectivity index (χ0n) is 20.0. The normalized spacial score (nSPS) is 17.1. The van der Waals surface area contributed by atoms with Crippen molar-refractivity contribution in [1.82, 2.24) is 14.2 Å². The molecule has 0 unspecified atom stereocenters. The highest BCUT2D eigenvalue weighted by Crippen LogP contribution is 2.30. The molecule has 35 heavy (non-hydrogen) atoms. The number of rotatable bonds is 6. The molecule has 1 saturated heterocycles. The SMILES string of the molecule is CCN(CC)c1ccc(C(=O)N2CCN(S(=O)(=O)c3ccc(C(F)(F)F)cc3)C[C@@H]2C)c(C)n1.Cl. The maximum absolute atomic E-state index is 13.2. The average molecular weight is 535 g/mol. The molecule has 1 amide bonds. The number of benzene rings is 1. The molecule has 0 spiro atoms. The first-order chi connectivity index (χ1) is 15.9. The number of carbonyl (C=O) groups is 1. The lowest BCUT2D eigenvalue weighted by molar-refractivity contribution is -0.137. The first-order valence-corrected chi connectivity index (χ1v) is 12.5. The Morgan fingerprint density at radius 3 is 2.17 bits per heavy atom. The summed E-state index contributed by atoms with van der Waals surface area (Å²) in [6.45, 7) is 9.42. The van der Waals surface area contributed by atoms with Crippen molar-refractivity contribution in [3.05, 3.63) is 53.2 Å². The van der Waals surface area contributed by atoms with E-state index in [9.17, 15) is 26.4 Å². The van der Waals surface area contributed by atoms with E-state index in [1.807, 2.05) is 19.9 Å². The van der Waals surface area contributed by atoms with E-state index in [0.29, 0.717) is 11.3 Å². The summed E-state index contributed by atoms with van der Waals surface area (Å²) in [7, 11) is -3.99. The maximum Gasteiger partial charge on any atom is 0.416 e. The molecule has 7 nitrogen and oxygen atoms in total. The molecule has 1 aliphatic heterocycles. The minimum absolute atomic E-state index is 0. The molecule has 3 rings (SSSR count). The van der Waals surface area contributed by atoms with Crippen molar-refractivity contribution < 1.29 is 26.4 Å². The van der Waals surface area contributed by atoms with Crippen molar-refractivity contribution in [1.29, 1.82) is 0 Å². The fourth-order valence-electron chi connectivity index (χ4n) is 4.06. The second kappa shape index (κ2) is 11.1. The molecule has 0 bridgehead atoms. The van der Waals surface area contributed by atoms with Crippen LogP contribution in [0.4, 0.5) is 19.0 Å². The topological polar surface area (TPSA) is 73.8 Å². The van der Waals surface area contributed by atoms with E-state index in [0.717, 1.165) is 43.2 Å². The van der Waals surface area contributed by atoms with Gasteiger partial charge in [0.15, 0.2) is 0 Å². The van der Waals surface area contributed by atoms with E-state index in [4.69, 9.17) is 0 Å². The highest BCUT2D eigenvalue weighted by Gasteiger charge is 2.36. The van der Waals surface area contributed by atoms with E-state index < -0.39 is 27.8 Å². The third-order valence-electron chi connectivity index (χ3n) is 6.06. The number of carbonyl (C=O) groups excluding carboxylic acids is 1. The van der Waals surface area contributed by atoms with Crippen LogP contribution in [0.3, 0.4) is 0 Å². The van der Waals surface area contributed by atoms with Gasteiger partial charge in [0.2, 0.25) is 10.0 Å². The first-order valence-electron chi connectivity index (χ1n) is 11.1. The number of sulfonamides is 1. The molecule has 12 heteroatoms. The number of halogens is 4. The lowest BCUT2D eigenvalue weighted by Gasteiger charge is -2.39. The summed E-state index contributed by atoms with van der Waals surface area (Å²) in [6, 6.07) is 6.58. The van der Waals surface area contributed by atoms with Crippen molar-refractivity contribution >= 4 is 34.2 Å². The molecule has 2 aromatic rings. The van der Waals surface area contributed by atoms with Crippen molar-refractivity contribution in [2.24, 2.45) is 0 Å². The Hall–Kier alpha value is -2.37. The summed E-state index contributed by atoms with van der Waals surface area (Å²) in [5.41, 5.74) is 0.148. The van der Waals surface area contributed by atoms with Crippen molar-refractivity contribution in [3.63, 3.8) is 0 Å². The fourth-order valence-corrected chi connectivity index (χ4v) is 5.57. The van der Waals surface area contributed by atoms with Gasteiger partial charge in [-0.25, -0.2) is 13.4 Å². The monoisotopic (exact) mass is 534 g/mol. The van der Waals surface area contributed by atoms with Gasteiger partial charge in [0.05, 0.1) is 21.7 Å². The second-order valence-electron chi connectivity index (χ2n) is 8.21. The zero-order valence-corrected chi connectivity index (χ0v) is 21.7. The van der Waals surface area contributed by atoms with Gasteiger partial charge in [-0.2, -0.15) is 17.5 Å². The molecule has 0 radical (unpaired) electrons. The molecular formula is C23H30ClF3N4O3S. The number of piperazine rings is 1. The van der Waals surface area contributed by atoms with Gasteiger partial charge in [-0.05, 0) is 64.1 Å². The van der Waals surface area contributed by atoms with Gasteiger partial charge in [0.1, 0.15) is 5.82 Å². The number of anilines is 1. The number of aromatic nitrogens is 1. The minimum Gasteiger partial charge on any atom is -0.357 e. The van der Waals surface area contributed by atoms with Gasteiger partial charge in [-0.15, -0.1) is 12.4 Å². The number of hydrogen-bond acceptors (Lipinski definition) is 5. The largest absolute Gasteiger partial charge is 0.416 e. The van der Waals surface area contributed by atoms with Crippen LogP contribution >= 0.6 is 12.4 Å². The molecule has 0 N–H and O–H groups in total. The number of nitrogens with zero attached hydrogens (tertiary/aromatic N) is 4. The van der Waals surface area contributed by atoms with Crippen molar-refractivity contribution in [2.45, 2.75) is 44.8 Å². The predicted molar refractivity (Wildman–Crippen MR) is 130 cm³/mol. The van der Waals surface area contributed by atoms with Crippen molar-refractivity contribution in [3.8, 4) is 0 Å². The Labute approximate surface area is 210 Å². The summed E-state index contributed by atoms with van der Waals surface area (Å²) in [5.74, 6) is 0.565. The number of amides is 1. The Balaban J connectivity index is 0.00000432. The van der Waals surface area contributed by atoms with E-state index in [1.165, 1.54) is 4.31 Å². The average Bonchev–Trinajstić information content (AvgIpc) is 2.79. The summed E-state index contributed by atoms with van der Waals surface area (Å²) in [4.78, 5) is 21.3. The Morgan fingerprint density at radius 1 is 1.09 bits per heavy atom. The predicted octanol–water partition coefficient (Wildman–Crippen LogP) is 4.21. The van der Waals surface area contributed by atoms with Gasteiger partial charge in [-0.1, -0.05) is 0 Å². The van der Waals surface area contributed by atoms with Gasteiger partial charge in [0, 0.05) is 38.8 Å². The summed E-state index contributed by atoms with van der Waals surface area (Å²) < 4.78 is 65.6. The Bertz CT molecular complexity index is 1140. The zero-order chi connectivity index (χ0) is 25.3. The molecule has 1 fully saturated rings. The minimum atomic E-state index is -4.54. The molecule has 2 heterocycles. The van der Waals surface area contributed by atoms with E-state index in [2.05, 4.69) is 9.88 Å². The van der Waals surface area contributed by atoms with Gasteiger partial charge in [0.25, 0.3) is 5.91 Å². The van der Waals surface area contributed by atoms with Crippen LogP contribution in [0.2, 0.25) is 0 Å². The second-order valence-corrected chi connectivity index (χ2v) is 10.1. The lowest BCUT2D eigenvalue weighted by atomic mass is 10.1. The highest BCUT2D eigenvalue weighted by atomic mass is 35.5. The van der Waals surface area contributed by atoms with Crippen LogP contribution < -0.4 is 4.90 Å². The molecule has 1 atom stereocenters. The number of alkyl halides is 3. The van der Waals surface area contributed by atoms with E-state index >= 15 is 0 Å². The van der Waals surface area contributed by atoms with Crippen LogP contribution in [0, 0.1) is 6.92 Å². The molecule has 0 saturated carbocycles. The smallest absolute Gasteiger partial charge is 0.357 e. The highest BCUT2D eigenvalue weighted by molar-refractivity contribution is 7.89. The molecule has 1 aromatic carbocycles. The van der Waals surface area contributed by atoms with Crippen LogP contribution in [0.25, 0.3) is 0 Å². The van der Waals surface area contributed by atoms with Crippen LogP contribution in [0.15, 0.2) is 41.3 Å². The molecular weight excluding hydrogens is 505 g/mol. The molecule has 1 aromatic heterocycles. The van der Waals surface area contributed by atoms with Gasteiger partial charge >= 0.3 is 6.18 Å². The molecule has 194 valence electrons. The molecule has 0 aliphatic carbocycles. The van der Waals surface area contributed by atoms with Crippen LogP contribution in [-0.2, 0) is 16.2 Å². The number of pyridine rings is 1. The standard InChI is InChI=1S/C23H29F3N4O3S.ClH/c1-5-28(6-2)21-12-11-20(17(4)27-21)22(31)30-14-13-29(15-16(30)3)34(32,33)19-9-7-18(8-10-19)23(24,25)26;/h7-12,16H,5-6,13-15H2,1-4H3;1H/t16-;/m0./s1. The van der Waals surface area contributed by atoms with Crippen molar-refractivity contribution in [2.75, 3.05) is 37.6 Å². The third-order valence-corrected chi connectivity index (χ3v) is 7.94. The van der Waals surface area contributed by atoms with Gasteiger partial charge < -0.3 is 9.80 Å². The lowest BCUT2D eigenvalue weighted by Crippen LogP contribution is -2.55. The first kappa shape index (κ1) is 28.9. The van der Waals surface area contributed by atoms with Crippen LogP contribution in [0.1, 0.15) is 42.4 Å². The van der Waals surface area contributed by atoms with E-state index in [-0.39, 0.29) is 42.8 Å². The Kier molecular flexibility index (Phi) is 9.18. The summed E-state index contributed by atoms with van der Waals surface area (Å²) >= 11 is 0.